The van der Waals surface area contributed by atoms with E-state index in [1.54, 1.807) is 0 Å². The van der Waals surface area contributed by atoms with Gasteiger partial charge in [-0.15, -0.1) is 11.6 Å². The van der Waals surface area contributed by atoms with Gasteiger partial charge < -0.3 is 4.74 Å². The van der Waals surface area contributed by atoms with Crippen molar-refractivity contribution >= 4 is 23.3 Å². The van der Waals surface area contributed by atoms with Gasteiger partial charge in [-0.3, -0.25) is 9.79 Å². The van der Waals surface area contributed by atoms with Crippen LogP contribution in [0.5, 0.6) is 0 Å². The van der Waals surface area contributed by atoms with Gasteiger partial charge in [0.2, 0.25) is 0 Å². The summed E-state index contributed by atoms with van der Waals surface area (Å²) >= 11 is 6.10. The van der Waals surface area contributed by atoms with E-state index < -0.39 is 0 Å². The lowest BCUT2D eigenvalue weighted by atomic mass is 10.1. The molecule has 0 heterocycles. The summed E-state index contributed by atoms with van der Waals surface area (Å²) in [5.41, 5.74) is 0.773. The van der Waals surface area contributed by atoms with E-state index in [1.807, 2.05) is 27.7 Å². The molecule has 1 unspecified atom stereocenters. The van der Waals surface area contributed by atoms with Gasteiger partial charge in [0.05, 0.1) is 17.5 Å². The fraction of sp³-hybridized carbons (Fsp3) is 0.818. The fourth-order valence-corrected chi connectivity index (χ4v) is 1.25. The van der Waals surface area contributed by atoms with Crippen molar-refractivity contribution in [3.63, 3.8) is 0 Å². The normalized spacial score (nSPS) is 14.9. The quantitative estimate of drug-likeness (QED) is 0.426. The lowest BCUT2D eigenvalue weighted by molar-refractivity contribution is -0.140. The molecule has 0 aromatic heterocycles. The van der Waals surface area contributed by atoms with Crippen LogP contribution in [0.4, 0.5) is 0 Å². The van der Waals surface area contributed by atoms with E-state index in [0.29, 0.717) is 13.0 Å². The van der Waals surface area contributed by atoms with Gasteiger partial charge in [-0.25, -0.2) is 0 Å². The van der Waals surface area contributed by atoms with Crippen LogP contribution in [0.2, 0.25) is 0 Å². The molecule has 0 aromatic carbocycles. The van der Waals surface area contributed by atoms with Crippen molar-refractivity contribution in [2.75, 3.05) is 6.61 Å². The number of carbonyl (C=O) groups excluding carboxylic acids is 1. The highest BCUT2D eigenvalue weighted by Gasteiger charge is 2.13. The number of hydrogen-bond acceptors (Lipinski definition) is 3. The summed E-state index contributed by atoms with van der Waals surface area (Å²) in [5, 5.41) is -0.163. The van der Waals surface area contributed by atoms with Crippen molar-refractivity contribution in [3.8, 4) is 0 Å². The second-order valence-electron chi connectivity index (χ2n) is 4.52. The zero-order valence-corrected chi connectivity index (χ0v) is 10.9. The van der Waals surface area contributed by atoms with Crippen LogP contribution >= 0.6 is 11.6 Å². The third kappa shape index (κ3) is 8.43. The molecule has 0 radical (unpaired) electrons. The first-order valence-electron chi connectivity index (χ1n) is 5.06. The Hall–Kier alpha value is -0.570. The molecular formula is C11H20ClNO2. The van der Waals surface area contributed by atoms with Crippen LogP contribution in [0.3, 0.4) is 0 Å². The van der Waals surface area contributed by atoms with Crippen molar-refractivity contribution in [2.45, 2.75) is 52.0 Å². The van der Waals surface area contributed by atoms with Crippen molar-refractivity contribution in [3.05, 3.63) is 0 Å². The molecule has 0 saturated carbocycles. The number of nitrogens with zero attached hydrogens (tertiary/aromatic N) is 1. The number of halogens is 1. The highest BCUT2D eigenvalue weighted by atomic mass is 35.5. The number of alkyl halides is 1. The minimum atomic E-state index is -0.274. The van der Waals surface area contributed by atoms with Gasteiger partial charge in [0.25, 0.3) is 0 Å². The van der Waals surface area contributed by atoms with E-state index in [2.05, 4.69) is 4.99 Å². The summed E-state index contributed by atoms with van der Waals surface area (Å²) in [5.74, 6) is -0.274. The van der Waals surface area contributed by atoms with Crippen molar-refractivity contribution in [1.82, 2.24) is 0 Å². The van der Waals surface area contributed by atoms with Gasteiger partial charge in [0, 0.05) is 19.1 Å². The van der Waals surface area contributed by atoms with Crippen molar-refractivity contribution < 1.29 is 9.53 Å². The van der Waals surface area contributed by atoms with Crippen LogP contribution in [-0.2, 0) is 9.53 Å². The van der Waals surface area contributed by atoms with Gasteiger partial charge >= 0.3 is 5.97 Å². The predicted molar refractivity (Wildman–Crippen MR) is 63.8 cm³/mol. The molecule has 4 heteroatoms. The van der Waals surface area contributed by atoms with E-state index in [0.717, 1.165) is 5.71 Å². The molecule has 0 aliphatic carbocycles. The largest absolute Gasteiger partial charge is 0.466 e. The summed E-state index contributed by atoms with van der Waals surface area (Å²) in [7, 11) is 0. The maximum absolute atomic E-state index is 10.5. The Morgan fingerprint density at radius 2 is 1.93 bits per heavy atom. The third-order valence-electron chi connectivity index (χ3n) is 1.64. The molecule has 0 aliphatic heterocycles. The van der Waals surface area contributed by atoms with E-state index in [1.165, 1.54) is 6.92 Å². The van der Waals surface area contributed by atoms with E-state index in [-0.39, 0.29) is 16.9 Å². The van der Waals surface area contributed by atoms with Gasteiger partial charge in [0.1, 0.15) is 0 Å². The highest BCUT2D eigenvalue weighted by molar-refractivity contribution is 6.31. The molecule has 0 rings (SSSR count). The maximum Gasteiger partial charge on any atom is 0.302 e. The fourth-order valence-electron chi connectivity index (χ4n) is 1.11. The van der Waals surface area contributed by atoms with Gasteiger partial charge in [-0.05, 0) is 27.7 Å². The summed E-state index contributed by atoms with van der Waals surface area (Å²) < 4.78 is 4.81. The van der Waals surface area contributed by atoms with E-state index in [9.17, 15) is 4.79 Å². The van der Waals surface area contributed by atoms with E-state index >= 15 is 0 Å². The van der Waals surface area contributed by atoms with Crippen LogP contribution in [0.1, 0.15) is 41.0 Å². The standard InChI is InChI=1S/C11H20ClNO2/c1-8(13-11(3,4)5)10(12)6-7-15-9(2)14/h10H,6-7H2,1-5H3. The van der Waals surface area contributed by atoms with Crippen LogP contribution in [-0.4, -0.2) is 29.2 Å². The molecular weight excluding hydrogens is 214 g/mol. The number of aliphatic imine (C=N–C) groups is 1. The number of carbonyl (C=O) groups is 1. The first-order valence-corrected chi connectivity index (χ1v) is 5.50. The topological polar surface area (TPSA) is 38.7 Å². The lowest BCUT2D eigenvalue weighted by Gasteiger charge is -2.16. The smallest absolute Gasteiger partial charge is 0.302 e. The van der Waals surface area contributed by atoms with Crippen molar-refractivity contribution in [1.29, 1.82) is 0 Å². The van der Waals surface area contributed by atoms with Crippen LogP contribution in [0.25, 0.3) is 0 Å². The first-order chi connectivity index (χ1) is 6.72. The molecule has 3 nitrogen and oxygen atoms in total. The highest BCUT2D eigenvalue weighted by Crippen LogP contribution is 2.12. The number of esters is 1. The molecule has 88 valence electrons. The lowest BCUT2D eigenvalue weighted by Crippen LogP contribution is -2.20. The average Bonchev–Trinajstić information content (AvgIpc) is 1.99. The summed E-state index contributed by atoms with van der Waals surface area (Å²) in [6.45, 7) is 9.70. The summed E-state index contributed by atoms with van der Waals surface area (Å²) in [4.78, 5) is 15.0. The molecule has 1 atom stereocenters. The van der Waals surface area contributed by atoms with Crippen LogP contribution < -0.4 is 0 Å². The van der Waals surface area contributed by atoms with Gasteiger partial charge in [-0.2, -0.15) is 0 Å². The molecule has 0 fully saturated rings. The molecule has 0 spiro atoms. The minimum Gasteiger partial charge on any atom is -0.466 e. The zero-order valence-electron chi connectivity index (χ0n) is 10.1. The first kappa shape index (κ1) is 14.4. The Bertz CT molecular complexity index is 243. The third-order valence-corrected chi connectivity index (χ3v) is 2.18. The molecule has 0 amide bonds. The van der Waals surface area contributed by atoms with Crippen LogP contribution in [0, 0.1) is 0 Å². The second-order valence-corrected chi connectivity index (χ2v) is 5.05. The molecule has 0 N–H and O–H groups in total. The minimum absolute atomic E-state index is 0.112. The zero-order chi connectivity index (χ0) is 12.1. The van der Waals surface area contributed by atoms with Gasteiger partial charge in [0.15, 0.2) is 0 Å². The SMILES string of the molecule is CC(=O)OCCC(Cl)C(C)=NC(C)(C)C. The molecule has 0 aliphatic rings. The number of rotatable bonds is 4. The predicted octanol–water partition coefficient (Wildman–Crippen LogP) is 2.81. The Labute approximate surface area is 96.9 Å². The molecule has 0 saturated heterocycles. The Morgan fingerprint density at radius 3 is 2.33 bits per heavy atom. The summed E-state index contributed by atoms with van der Waals surface area (Å²) in [6.07, 6.45) is 0.604. The maximum atomic E-state index is 10.5. The Balaban J connectivity index is 4.05. The second kappa shape index (κ2) is 6.11. The van der Waals surface area contributed by atoms with E-state index in [4.69, 9.17) is 16.3 Å². The monoisotopic (exact) mass is 233 g/mol. The average molecular weight is 234 g/mol. The van der Waals surface area contributed by atoms with Crippen molar-refractivity contribution in [2.24, 2.45) is 4.99 Å². The Morgan fingerprint density at radius 1 is 1.40 bits per heavy atom. The van der Waals surface area contributed by atoms with Crippen LogP contribution in [0.15, 0.2) is 4.99 Å². The molecule has 0 bridgehead atoms. The summed E-state index contributed by atoms with van der Waals surface area (Å²) in [6, 6.07) is 0. The number of ether oxygens (including phenoxy) is 1. The molecule has 15 heavy (non-hydrogen) atoms. The molecule has 0 aromatic rings. The number of hydrogen-bond donors (Lipinski definition) is 0. The van der Waals surface area contributed by atoms with Gasteiger partial charge in [-0.1, -0.05) is 0 Å². The Kier molecular flexibility index (Phi) is 5.88.